The van der Waals surface area contributed by atoms with Gasteiger partial charge in [-0.3, -0.25) is 9.38 Å². The Morgan fingerprint density at radius 2 is 1.82 bits per heavy atom. The molecule has 0 saturated heterocycles. The lowest BCUT2D eigenvalue weighted by molar-refractivity contribution is -0.190. The number of nitrogens with zero attached hydrogens (tertiary/aromatic N) is 5. The standard InChI is InChI=1S/C16H14F5N5O2/c1-8(16(19,20)21)28-13-10(17)4-9(5-23-13)11-7-26-12(6-22-11)24-25-14(26)15(2,18)27-3/h4-8H,1-3H3/t8-,15?/m0/s1. The van der Waals surface area contributed by atoms with E-state index in [4.69, 9.17) is 4.74 Å². The van der Waals surface area contributed by atoms with E-state index in [0.29, 0.717) is 0 Å². The molecule has 28 heavy (non-hydrogen) atoms. The Labute approximate surface area is 155 Å². The predicted molar refractivity (Wildman–Crippen MR) is 85.6 cm³/mol. The van der Waals surface area contributed by atoms with E-state index >= 15 is 0 Å². The maximum absolute atomic E-state index is 14.4. The first-order valence-electron chi connectivity index (χ1n) is 7.87. The summed E-state index contributed by atoms with van der Waals surface area (Å²) < 4.78 is 76.8. The molecule has 0 aliphatic rings. The van der Waals surface area contributed by atoms with E-state index in [1.54, 1.807) is 0 Å². The molecule has 0 aliphatic heterocycles. The van der Waals surface area contributed by atoms with Crippen molar-refractivity contribution in [3.8, 4) is 17.1 Å². The van der Waals surface area contributed by atoms with Crippen LogP contribution in [0.25, 0.3) is 16.9 Å². The summed E-state index contributed by atoms with van der Waals surface area (Å²) in [7, 11) is 1.16. The summed E-state index contributed by atoms with van der Waals surface area (Å²) in [4.78, 5) is 7.64. The number of hydrogen-bond donors (Lipinski definition) is 0. The molecule has 0 aliphatic carbocycles. The molecule has 0 saturated carbocycles. The van der Waals surface area contributed by atoms with Crippen molar-refractivity contribution in [2.75, 3.05) is 7.11 Å². The van der Waals surface area contributed by atoms with Gasteiger partial charge in [-0.05, 0) is 13.0 Å². The second-order valence-electron chi connectivity index (χ2n) is 5.96. The molecule has 0 aromatic carbocycles. The van der Waals surface area contributed by atoms with Crippen LogP contribution < -0.4 is 4.74 Å². The Morgan fingerprint density at radius 3 is 2.43 bits per heavy atom. The number of alkyl halides is 4. The summed E-state index contributed by atoms with van der Waals surface area (Å²) in [6.07, 6.45) is -3.21. The Morgan fingerprint density at radius 1 is 1.11 bits per heavy atom. The molecule has 3 heterocycles. The van der Waals surface area contributed by atoms with Crippen LogP contribution in [0.3, 0.4) is 0 Å². The normalized spacial score (nSPS) is 15.4. The molecule has 0 amide bonds. The van der Waals surface area contributed by atoms with Gasteiger partial charge in [0.15, 0.2) is 17.6 Å². The molecule has 12 heteroatoms. The lowest BCUT2D eigenvalue weighted by Gasteiger charge is -2.17. The van der Waals surface area contributed by atoms with Crippen molar-refractivity contribution in [2.24, 2.45) is 0 Å². The number of hydrogen-bond acceptors (Lipinski definition) is 6. The van der Waals surface area contributed by atoms with Crippen molar-refractivity contribution < 1.29 is 31.4 Å². The fourth-order valence-electron chi connectivity index (χ4n) is 2.23. The third kappa shape index (κ3) is 3.72. The van der Waals surface area contributed by atoms with Gasteiger partial charge < -0.3 is 9.47 Å². The molecule has 0 N–H and O–H groups in total. The van der Waals surface area contributed by atoms with Crippen molar-refractivity contribution in [3.05, 3.63) is 36.3 Å². The second kappa shape index (κ2) is 6.93. The van der Waals surface area contributed by atoms with Crippen molar-refractivity contribution in [1.82, 2.24) is 24.6 Å². The first-order valence-corrected chi connectivity index (χ1v) is 7.87. The topological polar surface area (TPSA) is 74.4 Å². The van der Waals surface area contributed by atoms with Crippen LogP contribution >= 0.6 is 0 Å². The summed E-state index contributed by atoms with van der Waals surface area (Å²) in [5.41, 5.74) is 0.498. The average molecular weight is 403 g/mol. The Hall–Kier alpha value is -2.89. The molecule has 7 nitrogen and oxygen atoms in total. The van der Waals surface area contributed by atoms with Gasteiger partial charge in [0, 0.05) is 32.0 Å². The van der Waals surface area contributed by atoms with Crippen molar-refractivity contribution in [2.45, 2.75) is 32.0 Å². The van der Waals surface area contributed by atoms with Gasteiger partial charge in [-0.25, -0.2) is 13.8 Å². The van der Waals surface area contributed by atoms with Gasteiger partial charge in [-0.1, -0.05) is 0 Å². The highest BCUT2D eigenvalue weighted by Crippen LogP contribution is 2.29. The molecule has 0 radical (unpaired) electrons. The smallest absolute Gasteiger partial charge is 0.425 e. The van der Waals surface area contributed by atoms with E-state index in [0.717, 1.165) is 33.2 Å². The molecule has 2 atom stereocenters. The Balaban J connectivity index is 1.97. The van der Waals surface area contributed by atoms with Crippen LogP contribution in [-0.2, 0) is 10.6 Å². The van der Waals surface area contributed by atoms with E-state index < -0.39 is 29.8 Å². The van der Waals surface area contributed by atoms with Crippen LogP contribution in [0.15, 0.2) is 24.7 Å². The highest BCUT2D eigenvalue weighted by atomic mass is 19.4. The van der Waals surface area contributed by atoms with Crippen molar-refractivity contribution in [1.29, 1.82) is 0 Å². The summed E-state index contributed by atoms with van der Waals surface area (Å²) in [5, 5.41) is 7.49. The number of halogens is 5. The van der Waals surface area contributed by atoms with Gasteiger partial charge >= 0.3 is 6.18 Å². The maximum atomic E-state index is 14.4. The molecule has 3 rings (SSSR count). The summed E-state index contributed by atoms with van der Waals surface area (Å²) in [6.45, 7) is 1.88. The number of aromatic nitrogens is 5. The highest BCUT2D eigenvalue weighted by Gasteiger charge is 2.39. The minimum atomic E-state index is -4.66. The monoisotopic (exact) mass is 403 g/mol. The van der Waals surface area contributed by atoms with Gasteiger partial charge in [0.2, 0.25) is 5.82 Å². The number of rotatable bonds is 5. The molecule has 0 spiro atoms. The number of fused-ring (bicyclic) bond motifs is 1. The van der Waals surface area contributed by atoms with Crippen LogP contribution in [0, 0.1) is 5.82 Å². The molecule has 3 aromatic rings. The van der Waals surface area contributed by atoms with Crippen LogP contribution in [0.2, 0.25) is 0 Å². The van der Waals surface area contributed by atoms with Gasteiger partial charge in [-0.15, -0.1) is 10.2 Å². The number of pyridine rings is 1. The first kappa shape index (κ1) is 19.9. The van der Waals surface area contributed by atoms with Gasteiger partial charge in [0.25, 0.3) is 11.7 Å². The third-order valence-corrected chi connectivity index (χ3v) is 3.93. The van der Waals surface area contributed by atoms with E-state index in [9.17, 15) is 22.0 Å². The first-order chi connectivity index (χ1) is 13.0. The molecule has 3 aromatic heterocycles. The summed E-state index contributed by atoms with van der Waals surface area (Å²) in [5.74, 6) is -4.31. The quantitative estimate of drug-likeness (QED) is 0.608. The third-order valence-electron chi connectivity index (χ3n) is 3.93. The summed E-state index contributed by atoms with van der Waals surface area (Å²) in [6, 6.07) is 0.911. The van der Waals surface area contributed by atoms with Crippen LogP contribution in [0.5, 0.6) is 5.88 Å². The second-order valence-corrected chi connectivity index (χ2v) is 5.96. The fraction of sp³-hybridized carbons (Fsp3) is 0.375. The van der Waals surface area contributed by atoms with E-state index in [1.165, 1.54) is 16.8 Å². The minimum Gasteiger partial charge on any atom is -0.463 e. The SMILES string of the molecule is COC(C)(F)c1nnc2cnc(-c3cnc(O[C@@H](C)C(F)(F)F)c(F)c3)cn12. The number of methoxy groups -OCH3 is 1. The van der Waals surface area contributed by atoms with Gasteiger partial charge in [-0.2, -0.15) is 13.2 Å². The Kier molecular flexibility index (Phi) is 4.91. The lowest BCUT2D eigenvalue weighted by atomic mass is 10.2. The molecule has 0 fully saturated rings. The van der Waals surface area contributed by atoms with Crippen molar-refractivity contribution >= 4 is 5.65 Å². The zero-order valence-corrected chi connectivity index (χ0v) is 14.8. The predicted octanol–water partition coefficient (Wildman–Crippen LogP) is 3.44. The van der Waals surface area contributed by atoms with Gasteiger partial charge in [0.05, 0.1) is 11.9 Å². The van der Waals surface area contributed by atoms with Crippen LogP contribution in [-0.4, -0.2) is 44.0 Å². The van der Waals surface area contributed by atoms with Crippen LogP contribution in [0.1, 0.15) is 19.7 Å². The lowest BCUT2D eigenvalue weighted by Crippen LogP contribution is -2.31. The molecule has 1 unspecified atom stereocenters. The van der Waals surface area contributed by atoms with Crippen molar-refractivity contribution in [3.63, 3.8) is 0 Å². The Bertz CT molecular complexity index is 1000. The molecular weight excluding hydrogens is 389 g/mol. The largest absolute Gasteiger partial charge is 0.463 e. The average Bonchev–Trinajstić information content (AvgIpc) is 3.06. The molecule has 0 bridgehead atoms. The van der Waals surface area contributed by atoms with Crippen LogP contribution in [0.4, 0.5) is 22.0 Å². The zero-order valence-electron chi connectivity index (χ0n) is 14.8. The fourth-order valence-corrected chi connectivity index (χ4v) is 2.23. The minimum absolute atomic E-state index is 0.129. The van der Waals surface area contributed by atoms with E-state index in [1.807, 2.05) is 0 Å². The highest BCUT2D eigenvalue weighted by molar-refractivity contribution is 5.59. The summed E-state index contributed by atoms with van der Waals surface area (Å²) >= 11 is 0. The zero-order chi connectivity index (χ0) is 20.7. The van der Waals surface area contributed by atoms with Gasteiger partial charge in [0.1, 0.15) is 0 Å². The van der Waals surface area contributed by atoms with E-state index in [2.05, 4.69) is 24.9 Å². The molecular formula is C16H14F5N5O2. The number of ether oxygens (including phenoxy) is 2. The maximum Gasteiger partial charge on any atom is 0.425 e. The molecule has 150 valence electrons. The van der Waals surface area contributed by atoms with E-state index in [-0.39, 0.29) is 22.7 Å².